The van der Waals surface area contributed by atoms with Gasteiger partial charge >= 0.3 is 0 Å². The van der Waals surface area contributed by atoms with Crippen LogP contribution in [-0.2, 0) is 9.53 Å². The summed E-state index contributed by atoms with van der Waals surface area (Å²) in [4.78, 5) is 13.8. The van der Waals surface area contributed by atoms with Gasteiger partial charge in [-0.15, -0.1) is 0 Å². The van der Waals surface area contributed by atoms with Crippen molar-refractivity contribution >= 4 is 11.6 Å². The van der Waals surface area contributed by atoms with Gasteiger partial charge in [-0.1, -0.05) is 31.5 Å². The average molecular weight is 315 g/mol. The molecule has 5 heteroatoms. The summed E-state index contributed by atoms with van der Waals surface area (Å²) < 4.78 is 5.43. The molecule has 0 fully saturated rings. The molecular weight excluding hydrogens is 290 g/mol. The van der Waals surface area contributed by atoms with E-state index in [1.165, 1.54) is 0 Å². The number of nitrogens with one attached hydrogen (secondary N) is 1. The number of ether oxygens (including phenoxy) is 1. The van der Waals surface area contributed by atoms with E-state index in [1.807, 2.05) is 43.4 Å². The molecule has 1 amide bonds. The third kappa shape index (κ3) is 7.48. The summed E-state index contributed by atoms with van der Waals surface area (Å²) >= 11 is 0. The fourth-order valence-corrected chi connectivity index (χ4v) is 1.89. The van der Waals surface area contributed by atoms with Crippen LogP contribution >= 0.6 is 0 Å². The Morgan fingerprint density at radius 1 is 1.30 bits per heavy atom. The Labute approximate surface area is 138 Å². The summed E-state index contributed by atoms with van der Waals surface area (Å²) in [5.41, 5.74) is 1.00. The first-order valence-electron chi connectivity index (χ1n) is 7.94. The topological polar surface area (TPSA) is 65.4 Å². The highest BCUT2D eigenvalue weighted by atomic mass is 16.5. The van der Waals surface area contributed by atoms with Crippen molar-refractivity contribution in [2.45, 2.75) is 26.2 Å². The molecule has 1 N–H and O–H groups in total. The molecule has 0 aliphatic heterocycles. The number of amides is 1. The Bertz CT molecular complexity index is 535. The third-order valence-corrected chi connectivity index (χ3v) is 3.24. The predicted molar refractivity (Wildman–Crippen MR) is 91.9 cm³/mol. The van der Waals surface area contributed by atoms with Crippen molar-refractivity contribution in [2.75, 3.05) is 31.7 Å². The van der Waals surface area contributed by atoms with Crippen LogP contribution < -0.4 is 10.2 Å². The minimum absolute atomic E-state index is 0.0863. The van der Waals surface area contributed by atoms with Crippen LogP contribution in [0.4, 0.5) is 5.69 Å². The van der Waals surface area contributed by atoms with Crippen molar-refractivity contribution in [1.29, 1.82) is 5.26 Å². The number of para-hydroxylation sites is 1. The number of hydrogen-bond acceptors (Lipinski definition) is 4. The van der Waals surface area contributed by atoms with Gasteiger partial charge in [-0.3, -0.25) is 4.79 Å². The smallest absolute Gasteiger partial charge is 0.263 e. The predicted octanol–water partition coefficient (Wildman–Crippen LogP) is 2.85. The highest BCUT2D eigenvalue weighted by Gasteiger charge is 2.09. The molecule has 0 aromatic heterocycles. The van der Waals surface area contributed by atoms with Gasteiger partial charge < -0.3 is 15.0 Å². The summed E-state index contributed by atoms with van der Waals surface area (Å²) in [5, 5.41) is 11.9. The summed E-state index contributed by atoms with van der Waals surface area (Å²) in [6, 6.07) is 11.5. The van der Waals surface area contributed by atoms with E-state index in [2.05, 4.69) is 12.2 Å². The molecule has 0 spiro atoms. The van der Waals surface area contributed by atoms with Crippen molar-refractivity contribution in [2.24, 2.45) is 0 Å². The van der Waals surface area contributed by atoms with Crippen molar-refractivity contribution < 1.29 is 9.53 Å². The van der Waals surface area contributed by atoms with Crippen LogP contribution in [-0.4, -0.2) is 32.7 Å². The number of rotatable bonds is 10. The second kappa shape index (κ2) is 11.3. The van der Waals surface area contributed by atoms with E-state index < -0.39 is 0 Å². The van der Waals surface area contributed by atoms with Crippen LogP contribution in [0.3, 0.4) is 0 Å². The molecule has 1 aromatic rings. The van der Waals surface area contributed by atoms with Gasteiger partial charge in [-0.2, -0.15) is 5.26 Å². The zero-order chi connectivity index (χ0) is 16.9. The van der Waals surface area contributed by atoms with E-state index in [4.69, 9.17) is 10.00 Å². The molecule has 1 rings (SSSR count). The quantitative estimate of drug-likeness (QED) is 0.409. The summed E-state index contributed by atoms with van der Waals surface area (Å²) in [5.74, 6) is -0.358. The van der Waals surface area contributed by atoms with E-state index >= 15 is 0 Å². The maximum Gasteiger partial charge on any atom is 0.263 e. The van der Waals surface area contributed by atoms with Crippen molar-refractivity contribution in [3.63, 3.8) is 0 Å². The Morgan fingerprint density at radius 2 is 2.00 bits per heavy atom. The van der Waals surface area contributed by atoms with Crippen LogP contribution in [0.15, 0.2) is 42.1 Å². The number of unbranched alkanes of at least 4 members (excludes halogenated alkanes) is 1. The first-order valence-corrected chi connectivity index (χ1v) is 7.94. The zero-order valence-electron chi connectivity index (χ0n) is 13.9. The largest absolute Gasteiger partial charge is 0.381 e. The molecule has 0 unspecified atom stereocenters. The maximum atomic E-state index is 12.0. The van der Waals surface area contributed by atoms with Gasteiger partial charge in [0.05, 0.1) is 0 Å². The lowest BCUT2D eigenvalue weighted by atomic mass is 10.2. The molecule has 1 aromatic carbocycles. The standard InChI is InChI=1S/C18H25N3O2/c1-3-4-12-23-13-8-11-20-18(22)16(14-19)15-21(2)17-9-6-5-7-10-17/h5-7,9-10,15H,3-4,8,11-13H2,1-2H3,(H,20,22)/b16-15-. The molecule has 0 aliphatic rings. The zero-order valence-corrected chi connectivity index (χ0v) is 13.9. The van der Waals surface area contributed by atoms with Gasteiger partial charge in [-0.25, -0.2) is 0 Å². The van der Waals surface area contributed by atoms with Gasteiger partial charge in [0.25, 0.3) is 5.91 Å². The molecule has 0 saturated carbocycles. The van der Waals surface area contributed by atoms with Crippen molar-refractivity contribution in [3.05, 3.63) is 42.1 Å². The number of anilines is 1. The lowest BCUT2D eigenvalue weighted by Gasteiger charge is -2.14. The normalized spacial score (nSPS) is 10.9. The Morgan fingerprint density at radius 3 is 2.65 bits per heavy atom. The first kappa shape index (κ1) is 18.7. The molecule has 0 saturated heterocycles. The van der Waals surface area contributed by atoms with Crippen LogP contribution in [0.1, 0.15) is 26.2 Å². The summed E-state index contributed by atoms with van der Waals surface area (Å²) in [6.45, 7) is 4.00. The van der Waals surface area contributed by atoms with Crippen LogP contribution in [0.25, 0.3) is 0 Å². The van der Waals surface area contributed by atoms with E-state index in [0.29, 0.717) is 13.2 Å². The monoisotopic (exact) mass is 315 g/mol. The van der Waals surface area contributed by atoms with Gasteiger partial charge in [0.1, 0.15) is 11.6 Å². The third-order valence-electron chi connectivity index (χ3n) is 3.24. The molecule has 23 heavy (non-hydrogen) atoms. The van der Waals surface area contributed by atoms with Crippen LogP contribution in [0.2, 0.25) is 0 Å². The van der Waals surface area contributed by atoms with E-state index in [1.54, 1.807) is 11.1 Å². The summed E-state index contributed by atoms with van der Waals surface area (Å²) in [7, 11) is 1.81. The maximum absolute atomic E-state index is 12.0. The van der Waals surface area contributed by atoms with E-state index in [0.717, 1.165) is 31.6 Å². The highest BCUT2D eigenvalue weighted by Crippen LogP contribution is 2.12. The average Bonchev–Trinajstić information content (AvgIpc) is 2.59. The van der Waals surface area contributed by atoms with Crippen LogP contribution in [0.5, 0.6) is 0 Å². The number of nitriles is 1. The van der Waals surface area contributed by atoms with Gasteiger partial charge in [0.2, 0.25) is 0 Å². The fraction of sp³-hybridized carbons (Fsp3) is 0.444. The number of carbonyl (C=O) groups excluding carboxylic acids is 1. The number of nitrogens with zero attached hydrogens (tertiary/aromatic N) is 2. The molecule has 0 radical (unpaired) electrons. The Balaban J connectivity index is 2.40. The lowest BCUT2D eigenvalue weighted by molar-refractivity contribution is -0.117. The fourth-order valence-electron chi connectivity index (χ4n) is 1.89. The lowest BCUT2D eigenvalue weighted by Crippen LogP contribution is -2.27. The number of carbonyl (C=O) groups is 1. The molecular formula is C18H25N3O2. The van der Waals surface area contributed by atoms with Gasteiger partial charge in [0, 0.05) is 38.7 Å². The number of benzene rings is 1. The van der Waals surface area contributed by atoms with E-state index in [9.17, 15) is 4.79 Å². The van der Waals surface area contributed by atoms with Crippen molar-refractivity contribution in [3.8, 4) is 6.07 Å². The highest BCUT2D eigenvalue weighted by molar-refractivity contribution is 5.97. The minimum atomic E-state index is -0.358. The van der Waals surface area contributed by atoms with Crippen molar-refractivity contribution in [1.82, 2.24) is 5.32 Å². The molecule has 0 aliphatic carbocycles. The Kier molecular flexibility index (Phi) is 9.18. The first-order chi connectivity index (χ1) is 11.2. The Hall–Kier alpha value is -2.32. The van der Waals surface area contributed by atoms with Gasteiger partial charge in [0.15, 0.2) is 0 Å². The van der Waals surface area contributed by atoms with Crippen LogP contribution in [0, 0.1) is 11.3 Å². The second-order valence-corrected chi connectivity index (χ2v) is 5.18. The van der Waals surface area contributed by atoms with E-state index in [-0.39, 0.29) is 11.5 Å². The SMILES string of the molecule is CCCCOCCCNC(=O)/C(C#N)=C\N(C)c1ccccc1. The van der Waals surface area contributed by atoms with Gasteiger partial charge in [-0.05, 0) is 25.0 Å². The molecule has 0 heterocycles. The minimum Gasteiger partial charge on any atom is -0.381 e. The molecule has 124 valence electrons. The molecule has 0 bridgehead atoms. The molecule has 5 nitrogen and oxygen atoms in total. The second-order valence-electron chi connectivity index (χ2n) is 5.18. The number of hydrogen-bond donors (Lipinski definition) is 1. The summed E-state index contributed by atoms with van der Waals surface area (Å²) in [6.07, 6.45) is 4.45. The molecule has 0 atom stereocenters.